The van der Waals surface area contributed by atoms with Crippen molar-refractivity contribution in [2.45, 2.75) is 70.6 Å². The van der Waals surface area contributed by atoms with Gasteiger partial charge >= 0.3 is 0 Å². The highest BCUT2D eigenvalue weighted by molar-refractivity contribution is 5.04. The molecule has 0 saturated heterocycles. The van der Waals surface area contributed by atoms with Crippen molar-refractivity contribution in [1.29, 1.82) is 0 Å². The fraction of sp³-hybridized carbons (Fsp3) is 0.867. The minimum atomic E-state index is -0.326. The summed E-state index contributed by atoms with van der Waals surface area (Å²) in [6.45, 7) is 5.69. The molecule has 5 nitrogen and oxygen atoms in total. The summed E-state index contributed by atoms with van der Waals surface area (Å²) < 4.78 is 11.5. The first kappa shape index (κ1) is 14.0. The largest absolute Gasteiger partial charge is 0.367 e. The van der Waals surface area contributed by atoms with Gasteiger partial charge in [-0.05, 0) is 44.9 Å². The van der Waals surface area contributed by atoms with Crippen LogP contribution in [0.1, 0.15) is 64.1 Å². The molecule has 2 saturated carbocycles. The van der Waals surface area contributed by atoms with Gasteiger partial charge in [0, 0.05) is 12.6 Å². The Kier molecular flexibility index (Phi) is 4.08. The Morgan fingerprint density at radius 3 is 2.95 bits per heavy atom. The third kappa shape index (κ3) is 3.04. The van der Waals surface area contributed by atoms with E-state index in [0.29, 0.717) is 31.0 Å². The molecule has 0 spiro atoms. The Morgan fingerprint density at radius 1 is 1.40 bits per heavy atom. The SMILES string of the molecule is CCOC1(c2noc(CNC3CC3)n2)CCCC(C)C1. The number of aromatic nitrogens is 2. The summed E-state index contributed by atoms with van der Waals surface area (Å²) in [6.07, 6.45) is 6.97. The second-order valence-electron chi connectivity index (χ2n) is 6.30. The minimum Gasteiger partial charge on any atom is -0.367 e. The van der Waals surface area contributed by atoms with Crippen LogP contribution >= 0.6 is 0 Å². The van der Waals surface area contributed by atoms with Crippen LogP contribution in [0, 0.1) is 5.92 Å². The first-order chi connectivity index (χ1) is 9.72. The molecular formula is C15H25N3O2. The maximum atomic E-state index is 6.07. The normalized spacial score (nSPS) is 30.6. The zero-order valence-corrected chi connectivity index (χ0v) is 12.5. The molecule has 0 aromatic carbocycles. The summed E-state index contributed by atoms with van der Waals surface area (Å²) in [5, 5.41) is 7.62. The number of rotatable bonds is 6. The van der Waals surface area contributed by atoms with Gasteiger partial charge in [0.1, 0.15) is 5.60 Å². The van der Waals surface area contributed by atoms with Crippen molar-refractivity contribution in [3.63, 3.8) is 0 Å². The van der Waals surface area contributed by atoms with Crippen LogP contribution in [-0.2, 0) is 16.9 Å². The van der Waals surface area contributed by atoms with Crippen LogP contribution in [0.3, 0.4) is 0 Å². The summed E-state index contributed by atoms with van der Waals surface area (Å²) in [5.41, 5.74) is -0.326. The first-order valence-electron chi connectivity index (χ1n) is 7.92. The lowest BCUT2D eigenvalue weighted by atomic mass is 9.78. The van der Waals surface area contributed by atoms with Gasteiger partial charge in [0.2, 0.25) is 11.7 Å². The van der Waals surface area contributed by atoms with Gasteiger partial charge in [-0.1, -0.05) is 18.5 Å². The molecule has 1 heterocycles. The summed E-state index contributed by atoms with van der Waals surface area (Å²) in [4.78, 5) is 4.59. The van der Waals surface area contributed by atoms with Crippen molar-refractivity contribution in [2.24, 2.45) is 5.92 Å². The Morgan fingerprint density at radius 2 is 2.25 bits per heavy atom. The number of hydrogen-bond donors (Lipinski definition) is 1. The molecule has 2 aliphatic rings. The fourth-order valence-corrected chi connectivity index (χ4v) is 3.21. The van der Waals surface area contributed by atoms with Gasteiger partial charge in [0.15, 0.2) is 0 Å². The van der Waals surface area contributed by atoms with Gasteiger partial charge in [0.25, 0.3) is 0 Å². The van der Waals surface area contributed by atoms with Crippen LogP contribution in [0.4, 0.5) is 0 Å². The average Bonchev–Trinajstić information content (AvgIpc) is 3.13. The third-order valence-electron chi connectivity index (χ3n) is 4.37. The molecule has 5 heteroatoms. The molecule has 1 aromatic heterocycles. The van der Waals surface area contributed by atoms with Crippen molar-refractivity contribution in [2.75, 3.05) is 6.61 Å². The Bertz CT molecular complexity index is 440. The number of nitrogens with zero attached hydrogens (tertiary/aromatic N) is 2. The van der Waals surface area contributed by atoms with E-state index in [9.17, 15) is 0 Å². The second-order valence-corrected chi connectivity index (χ2v) is 6.30. The zero-order valence-electron chi connectivity index (χ0n) is 12.5. The van der Waals surface area contributed by atoms with E-state index in [1.165, 1.54) is 25.7 Å². The van der Waals surface area contributed by atoms with Crippen LogP contribution in [0.25, 0.3) is 0 Å². The molecule has 1 N–H and O–H groups in total. The highest BCUT2D eigenvalue weighted by atomic mass is 16.5. The molecule has 0 amide bonds. The Labute approximate surface area is 120 Å². The van der Waals surface area contributed by atoms with Gasteiger partial charge < -0.3 is 14.6 Å². The zero-order chi connectivity index (χ0) is 14.0. The molecular weight excluding hydrogens is 254 g/mol. The van der Waals surface area contributed by atoms with E-state index in [1.807, 2.05) is 6.92 Å². The maximum Gasteiger partial charge on any atom is 0.240 e. The molecule has 20 heavy (non-hydrogen) atoms. The van der Waals surface area contributed by atoms with Crippen LogP contribution in [-0.4, -0.2) is 22.8 Å². The lowest BCUT2D eigenvalue weighted by Gasteiger charge is -2.37. The predicted octanol–water partition coefficient (Wildman–Crippen LogP) is 2.76. The van der Waals surface area contributed by atoms with Gasteiger partial charge in [-0.25, -0.2) is 0 Å². The van der Waals surface area contributed by atoms with Crippen LogP contribution < -0.4 is 5.32 Å². The summed E-state index contributed by atoms with van der Waals surface area (Å²) in [6, 6.07) is 0.654. The maximum absolute atomic E-state index is 6.07. The average molecular weight is 279 g/mol. The topological polar surface area (TPSA) is 60.2 Å². The lowest BCUT2D eigenvalue weighted by molar-refractivity contribution is -0.0891. The molecule has 3 rings (SSSR count). The smallest absolute Gasteiger partial charge is 0.240 e. The standard InChI is InChI=1S/C15H25N3O2/c1-3-19-15(8-4-5-11(2)9-15)14-17-13(20-18-14)10-16-12-6-7-12/h11-12,16H,3-10H2,1-2H3. The first-order valence-corrected chi connectivity index (χ1v) is 7.92. The number of nitrogens with one attached hydrogen (secondary N) is 1. The molecule has 2 aliphatic carbocycles. The van der Waals surface area contributed by atoms with E-state index in [4.69, 9.17) is 9.26 Å². The monoisotopic (exact) mass is 279 g/mol. The summed E-state index contributed by atoms with van der Waals surface area (Å²) >= 11 is 0. The van der Waals surface area contributed by atoms with Crippen molar-refractivity contribution < 1.29 is 9.26 Å². The van der Waals surface area contributed by atoms with Crippen molar-refractivity contribution in [1.82, 2.24) is 15.5 Å². The highest BCUT2D eigenvalue weighted by Gasteiger charge is 2.41. The molecule has 0 bridgehead atoms. The molecule has 112 valence electrons. The third-order valence-corrected chi connectivity index (χ3v) is 4.37. The van der Waals surface area contributed by atoms with E-state index in [0.717, 1.165) is 18.7 Å². The molecule has 2 atom stereocenters. The van der Waals surface area contributed by atoms with E-state index in [1.54, 1.807) is 0 Å². The summed E-state index contributed by atoms with van der Waals surface area (Å²) in [7, 11) is 0. The molecule has 0 radical (unpaired) electrons. The predicted molar refractivity (Wildman–Crippen MR) is 75.1 cm³/mol. The van der Waals surface area contributed by atoms with Crippen LogP contribution in [0.5, 0.6) is 0 Å². The number of ether oxygens (including phenoxy) is 1. The van der Waals surface area contributed by atoms with Crippen LogP contribution in [0.15, 0.2) is 4.52 Å². The number of hydrogen-bond acceptors (Lipinski definition) is 5. The van der Waals surface area contributed by atoms with E-state index in [2.05, 4.69) is 22.4 Å². The van der Waals surface area contributed by atoms with Crippen molar-refractivity contribution in [3.05, 3.63) is 11.7 Å². The lowest BCUT2D eigenvalue weighted by Crippen LogP contribution is -2.36. The quantitative estimate of drug-likeness (QED) is 0.867. The minimum absolute atomic E-state index is 0.326. The van der Waals surface area contributed by atoms with Crippen molar-refractivity contribution in [3.8, 4) is 0 Å². The fourth-order valence-electron chi connectivity index (χ4n) is 3.21. The summed E-state index contributed by atoms with van der Waals surface area (Å²) in [5.74, 6) is 2.09. The molecule has 2 unspecified atom stereocenters. The molecule has 0 aliphatic heterocycles. The van der Waals surface area contributed by atoms with E-state index >= 15 is 0 Å². The Balaban J connectivity index is 1.72. The van der Waals surface area contributed by atoms with E-state index < -0.39 is 0 Å². The van der Waals surface area contributed by atoms with Crippen molar-refractivity contribution >= 4 is 0 Å². The van der Waals surface area contributed by atoms with Gasteiger partial charge in [0.05, 0.1) is 6.54 Å². The van der Waals surface area contributed by atoms with Gasteiger partial charge in [-0.3, -0.25) is 0 Å². The highest BCUT2D eigenvalue weighted by Crippen LogP contribution is 2.41. The van der Waals surface area contributed by atoms with Gasteiger partial charge in [-0.2, -0.15) is 4.98 Å². The van der Waals surface area contributed by atoms with E-state index in [-0.39, 0.29) is 5.60 Å². The molecule has 2 fully saturated rings. The van der Waals surface area contributed by atoms with Crippen LogP contribution in [0.2, 0.25) is 0 Å². The second kappa shape index (κ2) is 5.82. The Hall–Kier alpha value is -0.940. The van der Waals surface area contributed by atoms with Gasteiger partial charge in [-0.15, -0.1) is 0 Å². The molecule has 1 aromatic rings.